The molecule has 0 aromatic heterocycles. The molecule has 168 valence electrons. The molecule has 2 fully saturated rings. The van der Waals surface area contributed by atoms with Crippen molar-refractivity contribution in [3.63, 3.8) is 0 Å². The van der Waals surface area contributed by atoms with Crippen LogP contribution in [-0.2, 0) is 14.2 Å². The summed E-state index contributed by atoms with van der Waals surface area (Å²) < 4.78 is 16.7. The Labute approximate surface area is 175 Å². The fourth-order valence-corrected chi connectivity index (χ4v) is 3.19. The van der Waals surface area contributed by atoms with Gasteiger partial charge in [0.2, 0.25) is 0 Å². The molecule has 0 spiro atoms. The van der Waals surface area contributed by atoms with E-state index in [9.17, 15) is 4.79 Å². The molecule has 8 heteroatoms. The fraction of sp³-hybridized carbons (Fsp3) is 0.905. The van der Waals surface area contributed by atoms with Gasteiger partial charge < -0.3 is 29.7 Å². The largest absolute Gasteiger partial charge is 0.444 e. The maximum Gasteiger partial charge on any atom is 0.410 e. The number of aliphatic imine (C=N–C) groups is 1. The van der Waals surface area contributed by atoms with Crippen LogP contribution in [0.1, 0.15) is 52.9 Å². The lowest BCUT2D eigenvalue weighted by Crippen LogP contribution is -2.45. The van der Waals surface area contributed by atoms with Crippen LogP contribution in [0.2, 0.25) is 0 Å². The lowest BCUT2D eigenvalue weighted by atomic mass is 10.0. The number of rotatable bonds is 10. The lowest BCUT2D eigenvalue weighted by Gasteiger charge is -2.27. The Morgan fingerprint density at radius 2 is 1.83 bits per heavy atom. The highest BCUT2D eigenvalue weighted by Gasteiger charge is 2.34. The molecule has 0 aromatic carbocycles. The van der Waals surface area contributed by atoms with Gasteiger partial charge in [-0.2, -0.15) is 0 Å². The molecule has 1 aliphatic carbocycles. The van der Waals surface area contributed by atoms with Gasteiger partial charge in [0.15, 0.2) is 5.96 Å². The summed E-state index contributed by atoms with van der Waals surface area (Å²) in [6, 6.07) is 0.314. The van der Waals surface area contributed by atoms with Crippen molar-refractivity contribution in [3.05, 3.63) is 0 Å². The van der Waals surface area contributed by atoms with Gasteiger partial charge in [-0.05, 0) is 58.8 Å². The van der Waals surface area contributed by atoms with E-state index < -0.39 is 5.60 Å². The lowest BCUT2D eigenvalue weighted by molar-refractivity contribution is 0.0203. The molecule has 0 radical (unpaired) electrons. The number of carbonyl (C=O) groups excluding carboxylic acids is 1. The molecule has 2 N–H and O–H groups in total. The summed E-state index contributed by atoms with van der Waals surface area (Å²) in [7, 11) is 1.75. The maximum absolute atomic E-state index is 12.4. The number of nitrogens with one attached hydrogen (secondary N) is 2. The molecular formula is C21H40N4O4. The summed E-state index contributed by atoms with van der Waals surface area (Å²) >= 11 is 0. The van der Waals surface area contributed by atoms with Crippen molar-refractivity contribution in [1.29, 1.82) is 0 Å². The summed E-state index contributed by atoms with van der Waals surface area (Å²) in [6.07, 6.45) is 5.02. The first-order valence-corrected chi connectivity index (χ1v) is 11.0. The van der Waals surface area contributed by atoms with Gasteiger partial charge in [0, 0.05) is 59.2 Å². The molecule has 0 atom stereocenters. The Morgan fingerprint density at radius 3 is 2.45 bits per heavy atom. The number of hydrogen-bond acceptors (Lipinski definition) is 5. The zero-order valence-corrected chi connectivity index (χ0v) is 18.7. The minimum Gasteiger partial charge on any atom is -0.444 e. The molecule has 2 aliphatic rings. The molecule has 0 unspecified atom stereocenters. The van der Waals surface area contributed by atoms with Crippen LogP contribution in [0.4, 0.5) is 4.79 Å². The van der Waals surface area contributed by atoms with E-state index in [-0.39, 0.29) is 6.09 Å². The number of carbonyl (C=O) groups is 1. The summed E-state index contributed by atoms with van der Waals surface area (Å²) in [5, 5.41) is 6.58. The number of ether oxygens (including phenoxy) is 3. The zero-order chi connectivity index (χ0) is 21.1. The summed E-state index contributed by atoms with van der Waals surface area (Å²) in [4.78, 5) is 18.5. The van der Waals surface area contributed by atoms with Gasteiger partial charge in [-0.3, -0.25) is 4.99 Å². The molecule has 0 aromatic rings. The van der Waals surface area contributed by atoms with Gasteiger partial charge in [0.05, 0.1) is 0 Å². The second kappa shape index (κ2) is 12.2. The Hall–Kier alpha value is -1.54. The predicted molar refractivity (Wildman–Crippen MR) is 114 cm³/mol. The number of guanidine groups is 1. The third-order valence-electron chi connectivity index (χ3n) is 4.94. The van der Waals surface area contributed by atoms with Crippen molar-refractivity contribution in [2.24, 2.45) is 10.9 Å². The molecule has 1 aliphatic heterocycles. The average Bonchev–Trinajstić information content (AvgIpc) is 3.50. The SMILES string of the molecule is CN=C(NCCCOCC1CCOCC1)NCCN(C(=O)OC(C)(C)C)C1CC1. The monoisotopic (exact) mass is 412 g/mol. The summed E-state index contributed by atoms with van der Waals surface area (Å²) in [5.74, 6) is 1.39. The summed E-state index contributed by atoms with van der Waals surface area (Å²) in [6.45, 7) is 11.0. The highest BCUT2D eigenvalue weighted by molar-refractivity contribution is 5.79. The van der Waals surface area contributed by atoms with Crippen LogP contribution in [-0.4, -0.2) is 81.7 Å². The topological polar surface area (TPSA) is 84.4 Å². The Morgan fingerprint density at radius 1 is 1.14 bits per heavy atom. The van der Waals surface area contributed by atoms with Crippen LogP contribution >= 0.6 is 0 Å². The van der Waals surface area contributed by atoms with E-state index in [1.54, 1.807) is 7.05 Å². The Bertz CT molecular complexity index is 511. The molecule has 1 heterocycles. The Kier molecular flexibility index (Phi) is 10.0. The number of hydrogen-bond donors (Lipinski definition) is 2. The van der Waals surface area contributed by atoms with E-state index in [2.05, 4.69) is 15.6 Å². The van der Waals surface area contributed by atoms with Gasteiger partial charge in [-0.25, -0.2) is 4.79 Å². The van der Waals surface area contributed by atoms with Crippen LogP contribution in [0.25, 0.3) is 0 Å². The zero-order valence-electron chi connectivity index (χ0n) is 18.7. The maximum atomic E-state index is 12.4. The summed E-state index contributed by atoms with van der Waals surface area (Å²) in [5.41, 5.74) is -0.470. The van der Waals surface area contributed by atoms with Crippen molar-refractivity contribution >= 4 is 12.1 Å². The van der Waals surface area contributed by atoms with E-state index in [1.165, 1.54) is 0 Å². The van der Waals surface area contributed by atoms with Gasteiger partial charge in [-0.1, -0.05) is 0 Å². The molecule has 1 amide bonds. The third kappa shape index (κ3) is 10.2. The van der Waals surface area contributed by atoms with E-state index in [0.29, 0.717) is 25.0 Å². The molecular weight excluding hydrogens is 372 g/mol. The quantitative estimate of drug-likeness (QED) is 0.326. The fourth-order valence-electron chi connectivity index (χ4n) is 3.19. The van der Waals surface area contributed by atoms with E-state index in [1.807, 2.05) is 25.7 Å². The van der Waals surface area contributed by atoms with Crippen LogP contribution in [0, 0.1) is 5.92 Å². The van der Waals surface area contributed by atoms with Crippen LogP contribution < -0.4 is 10.6 Å². The highest BCUT2D eigenvalue weighted by atomic mass is 16.6. The Balaban J connectivity index is 1.56. The first kappa shape index (κ1) is 23.7. The highest BCUT2D eigenvalue weighted by Crippen LogP contribution is 2.28. The molecule has 1 saturated carbocycles. The molecule has 2 rings (SSSR count). The molecule has 8 nitrogen and oxygen atoms in total. The van der Waals surface area contributed by atoms with Crippen LogP contribution in [0.15, 0.2) is 4.99 Å². The second-order valence-corrected chi connectivity index (χ2v) is 8.81. The first-order valence-electron chi connectivity index (χ1n) is 11.0. The van der Waals surface area contributed by atoms with Gasteiger partial charge in [0.1, 0.15) is 5.60 Å². The smallest absolute Gasteiger partial charge is 0.410 e. The van der Waals surface area contributed by atoms with Crippen LogP contribution in [0.3, 0.4) is 0 Å². The predicted octanol–water partition coefficient (Wildman–Crippen LogP) is 2.38. The minimum atomic E-state index is -0.470. The third-order valence-corrected chi connectivity index (χ3v) is 4.94. The standard InChI is InChI=1S/C21H40N4O4/c1-21(2,3)29-20(26)25(18-6-7-18)12-11-24-19(22-4)23-10-5-13-28-16-17-8-14-27-15-9-17/h17-18H,5-16H2,1-4H3,(H2,22,23,24). The van der Waals surface area contributed by atoms with Crippen molar-refractivity contribution in [2.75, 3.05) is 53.1 Å². The molecule has 29 heavy (non-hydrogen) atoms. The van der Waals surface area contributed by atoms with Crippen molar-refractivity contribution in [1.82, 2.24) is 15.5 Å². The van der Waals surface area contributed by atoms with E-state index >= 15 is 0 Å². The minimum absolute atomic E-state index is 0.230. The molecule has 0 bridgehead atoms. The number of amides is 1. The average molecular weight is 413 g/mol. The van der Waals surface area contributed by atoms with Crippen LogP contribution in [0.5, 0.6) is 0 Å². The van der Waals surface area contributed by atoms with Crippen molar-refractivity contribution in [2.45, 2.75) is 64.5 Å². The van der Waals surface area contributed by atoms with Gasteiger partial charge in [0.25, 0.3) is 0 Å². The number of nitrogens with zero attached hydrogens (tertiary/aromatic N) is 2. The van der Waals surface area contributed by atoms with Crippen molar-refractivity contribution < 1.29 is 19.0 Å². The normalized spacial score (nSPS) is 18.4. The van der Waals surface area contributed by atoms with Crippen molar-refractivity contribution in [3.8, 4) is 0 Å². The van der Waals surface area contributed by atoms with E-state index in [0.717, 1.165) is 71.0 Å². The van der Waals surface area contributed by atoms with E-state index in [4.69, 9.17) is 14.2 Å². The van der Waals surface area contributed by atoms with Gasteiger partial charge in [-0.15, -0.1) is 0 Å². The first-order chi connectivity index (χ1) is 13.9. The second-order valence-electron chi connectivity index (χ2n) is 8.81. The van der Waals surface area contributed by atoms with Gasteiger partial charge >= 0.3 is 6.09 Å². The molecule has 1 saturated heterocycles.